The van der Waals surface area contributed by atoms with Crippen molar-refractivity contribution in [3.63, 3.8) is 0 Å². The maximum absolute atomic E-state index is 12.6. The van der Waals surface area contributed by atoms with Crippen molar-refractivity contribution in [1.82, 2.24) is 19.8 Å². The minimum Gasteiger partial charge on any atom is -0.461 e. The van der Waals surface area contributed by atoms with Crippen molar-refractivity contribution in [3.8, 4) is 11.6 Å². The third-order valence-corrected chi connectivity index (χ3v) is 4.60. The Balaban J connectivity index is 1.93. The molecule has 1 atom stereocenters. The predicted molar refractivity (Wildman–Crippen MR) is 91.6 cm³/mol. The summed E-state index contributed by atoms with van der Waals surface area (Å²) in [6.45, 7) is 0. The third kappa shape index (κ3) is 3.13. The molecule has 0 saturated heterocycles. The van der Waals surface area contributed by atoms with Crippen molar-refractivity contribution >= 4 is 17.7 Å². The van der Waals surface area contributed by atoms with E-state index in [0.717, 1.165) is 5.56 Å². The molecule has 0 aliphatic heterocycles. The van der Waals surface area contributed by atoms with E-state index in [-0.39, 0.29) is 5.91 Å². The summed E-state index contributed by atoms with van der Waals surface area (Å²) in [5, 5.41) is 8.13. The molecule has 0 spiro atoms. The molecular formula is C16H17N5O2S. The lowest BCUT2D eigenvalue weighted by Gasteiger charge is -2.19. The maximum Gasteiger partial charge on any atom is 0.240 e. The zero-order chi connectivity index (χ0) is 17.1. The van der Waals surface area contributed by atoms with Gasteiger partial charge >= 0.3 is 0 Å². The number of furan rings is 1. The highest BCUT2D eigenvalue weighted by atomic mass is 32.2. The summed E-state index contributed by atoms with van der Waals surface area (Å²) in [6.07, 6.45) is 1.54. The molecule has 2 N–H and O–H groups in total. The number of benzene rings is 1. The molecule has 0 saturated carbocycles. The second-order valence-electron chi connectivity index (χ2n) is 5.29. The smallest absolute Gasteiger partial charge is 0.240 e. The number of amides is 1. The minimum atomic E-state index is -0.461. The fraction of sp³-hybridized carbons (Fsp3) is 0.188. The largest absolute Gasteiger partial charge is 0.461 e. The molecule has 124 valence electrons. The van der Waals surface area contributed by atoms with Crippen LogP contribution in [-0.2, 0) is 4.79 Å². The number of hydrogen-bond donors (Lipinski definition) is 1. The second-order valence-corrected chi connectivity index (χ2v) is 6.37. The third-order valence-electron chi connectivity index (χ3n) is 3.40. The van der Waals surface area contributed by atoms with E-state index in [4.69, 9.17) is 10.3 Å². The van der Waals surface area contributed by atoms with Crippen LogP contribution < -0.4 is 5.84 Å². The van der Waals surface area contributed by atoms with Crippen LogP contribution in [0.4, 0.5) is 0 Å². The second kappa shape index (κ2) is 6.79. The number of likely N-dealkylation sites (N-methyl/N-ethyl adjacent to an activating group) is 1. The van der Waals surface area contributed by atoms with Gasteiger partial charge in [-0.05, 0) is 17.7 Å². The van der Waals surface area contributed by atoms with Crippen molar-refractivity contribution in [2.75, 3.05) is 19.9 Å². The zero-order valence-electron chi connectivity index (χ0n) is 13.3. The van der Waals surface area contributed by atoms with Crippen molar-refractivity contribution in [2.24, 2.45) is 0 Å². The molecule has 24 heavy (non-hydrogen) atoms. The molecule has 2 aromatic heterocycles. The zero-order valence-corrected chi connectivity index (χ0v) is 14.1. The molecule has 1 amide bonds. The van der Waals surface area contributed by atoms with Crippen LogP contribution >= 0.6 is 11.8 Å². The Morgan fingerprint density at radius 2 is 1.96 bits per heavy atom. The first-order valence-electron chi connectivity index (χ1n) is 7.25. The molecule has 3 aromatic rings. The molecule has 0 unspecified atom stereocenters. The number of nitrogens with zero attached hydrogens (tertiary/aromatic N) is 4. The predicted octanol–water partition coefficient (Wildman–Crippen LogP) is 2.17. The molecule has 0 radical (unpaired) electrons. The van der Waals surface area contributed by atoms with Gasteiger partial charge in [-0.2, -0.15) is 0 Å². The molecule has 8 heteroatoms. The SMILES string of the molecule is CN(C)C(=O)[C@@H](Sc1nnc(-c2ccco2)n1N)c1ccccc1. The Hall–Kier alpha value is -2.74. The van der Waals surface area contributed by atoms with Gasteiger partial charge in [-0.15, -0.1) is 10.2 Å². The lowest BCUT2D eigenvalue weighted by molar-refractivity contribution is -0.128. The standard InChI is InChI=1S/C16H17N5O2S/c1-20(2)15(22)13(11-7-4-3-5-8-11)24-16-19-18-14(21(16)17)12-9-6-10-23-12/h3-10,13H,17H2,1-2H3/t13-/m0/s1. The molecular weight excluding hydrogens is 326 g/mol. The molecule has 0 bridgehead atoms. The van der Waals surface area contributed by atoms with Gasteiger partial charge in [0.15, 0.2) is 5.76 Å². The highest BCUT2D eigenvalue weighted by molar-refractivity contribution is 8.00. The van der Waals surface area contributed by atoms with Crippen molar-refractivity contribution < 1.29 is 9.21 Å². The van der Waals surface area contributed by atoms with Crippen LogP contribution in [0.25, 0.3) is 11.6 Å². The number of hydrogen-bond acceptors (Lipinski definition) is 6. The molecule has 1 aromatic carbocycles. The van der Waals surface area contributed by atoms with Crippen LogP contribution in [0.5, 0.6) is 0 Å². The molecule has 0 fully saturated rings. The summed E-state index contributed by atoms with van der Waals surface area (Å²) in [5.74, 6) is 6.96. The number of aromatic nitrogens is 3. The van der Waals surface area contributed by atoms with Crippen LogP contribution in [0.15, 0.2) is 58.3 Å². The summed E-state index contributed by atoms with van der Waals surface area (Å²) in [7, 11) is 3.45. The summed E-state index contributed by atoms with van der Waals surface area (Å²) in [6, 6.07) is 13.0. The molecule has 0 aliphatic carbocycles. The van der Waals surface area contributed by atoms with Crippen LogP contribution in [-0.4, -0.2) is 39.8 Å². The Labute approximate surface area is 143 Å². The highest BCUT2D eigenvalue weighted by Gasteiger charge is 2.27. The Morgan fingerprint density at radius 3 is 2.58 bits per heavy atom. The van der Waals surface area contributed by atoms with Gasteiger partial charge in [0, 0.05) is 14.1 Å². The van der Waals surface area contributed by atoms with E-state index in [1.807, 2.05) is 30.3 Å². The van der Waals surface area contributed by atoms with Gasteiger partial charge < -0.3 is 15.2 Å². The van der Waals surface area contributed by atoms with Gasteiger partial charge in [0.25, 0.3) is 0 Å². The summed E-state index contributed by atoms with van der Waals surface area (Å²) < 4.78 is 6.64. The summed E-state index contributed by atoms with van der Waals surface area (Å²) in [5.41, 5.74) is 0.878. The van der Waals surface area contributed by atoms with Crippen LogP contribution in [0.3, 0.4) is 0 Å². The fourth-order valence-corrected chi connectivity index (χ4v) is 3.26. The lowest BCUT2D eigenvalue weighted by atomic mass is 10.1. The highest BCUT2D eigenvalue weighted by Crippen LogP contribution is 2.36. The number of nitrogens with two attached hydrogens (primary N) is 1. The van der Waals surface area contributed by atoms with E-state index >= 15 is 0 Å². The van der Waals surface area contributed by atoms with Gasteiger partial charge in [-0.3, -0.25) is 4.79 Å². The number of carbonyl (C=O) groups is 1. The van der Waals surface area contributed by atoms with Gasteiger partial charge in [0.05, 0.1) is 6.26 Å². The quantitative estimate of drug-likeness (QED) is 0.564. The number of nitrogen functional groups attached to an aromatic ring is 1. The average molecular weight is 343 g/mol. The average Bonchev–Trinajstić information content (AvgIpc) is 3.23. The molecule has 0 aliphatic rings. The van der Waals surface area contributed by atoms with Crippen molar-refractivity contribution in [1.29, 1.82) is 0 Å². The first-order valence-corrected chi connectivity index (χ1v) is 8.13. The molecule has 7 nitrogen and oxygen atoms in total. The lowest BCUT2D eigenvalue weighted by Crippen LogP contribution is -2.27. The summed E-state index contributed by atoms with van der Waals surface area (Å²) in [4.78, 5) is 14.1. The van der Waals surface area contributed by atoms with Gasteiger partial charge in [0.2, 0.25) is 16.9 Å². The van der Waals surface area contributed by atoms with E-state index in [1.54, 1.807) is 37.4 Å². The van der Waals surface area contributed by atoms with Gasteiger partial charge in [0.1, 0.15) is 5.25 Å². The van der Waals surface area contributed by atoms with E-state index in [2.05, 4.69) is 10.2 Å². The normalized spacial score (nSPS) is 12.1. The topological polar surface area (TPSA) is 90.2 Å². The van der Waals surface area contributed by atoms with Crippen molar-refractivity contribution in [3.05, 3.63) is 54.3 Å². The molecule has 3 rings (SSSR count). The number of carbonyl (C=O) groups excluding carboxylic acids is 1. The minimum absolute atomic E-state index is 0.0475. The monoisotopic (exact) mass is 343 g/mol. The first kappa shape index (κ1) is 16.1. The van der Waals surface area contributed by atoms with Crippen molar-refractivity contribution in [2.45, 2.75) is 10.4 Å². The van der Waals surface area contributed by atoms with E-state index in [0.29, 0.717) is 16.7 Å². The Morgan fingerprint density at radius 1 is 1.21 bits per heavy atom. The first-order chi connectivity index (χ1) is 11.6. The van der Waals surface area contributed by atoms with E-state index in [1.165, 1.54) is 16.4 Å². The van der Waals surface area contributed by atoms with Crippen LogP contribution in [0.1, 0.15) is 10.8 Å². The summed E-state index contributed by atoms with van der Waals surface area (Å²) >= 11 is 1.25. The maximum atomic E-state index is 12.6. The number of rotatable bonds is 5. The fourth-order valence-electron chi connectivity index (χ4n) is 2.16. The Bertz CT molecular complexity index is 814. The van der Waals surface area contributed by atoms with Crippen LogP contribution in [0.2, 0.25) is 0 Å². The number of thioether (sulfide) groups is 1. The molecule has 2 heterocycles. The van der Waals surface area contributed by atoms with E-state index in [9.17, 15) is 4.79 Å². The van der Waals surface area contributed by atoms with Gasteiger partial charge in [-0.25, -0.2) is 4.68 Å². The van der Waals surface area contributed by atoms with Gasteiger partial charge in [-0.1, -0.05) is 42.1 Å². The van der Waals surface area contributed by atoms with E-state index < -0.39 is 5.25 Å². The van der Waals surface area contributed by atoms with Crippen LogP contribution in [0, 0.1) is 0 Å². The Kier molecular flexibility index (Phi) is 4.57.